The Kier molecular flexibility index (Phi) is 3.80. The van der Waals surface area contributed by atoms with E-state index in [0.717, 1.165) is 37.6 Å². The van der Waals surface area contributed by atoms with Crippen LogP contribution in [0.25, 0.3) is 0 Å². The molecule has 0 aromatic heterocycles. The molecule has 0 atom stereocenters. The van der Waals surface area contributed by atoms with Crippen LogP contribution in [0, 0.1) is 0 Å². The Morgan fingerprint density at radius 2 is 1.29 bits per heavy atom. The molecule has 0 unspecified atom stereocenters. The molecular formula is C16H19ClN4. The third-order valence-corrected chi connectivity index (χ3v) is 4.21. The summed E-state index contributed by atoms with van der Waals surface area (Å²) in [6.45, 7) is 3.88. The molecule has 0 radical (unpaired) electrons. The molecule has 2 aromatic rings. The molecule has 5 heteroatoms. The zero-order valence-corrected chi connectivity index (χ0v) is 12.6. The van der Waals surface area contributed by atoms with Gasteiger partial charge in [0.25, 0.3) is 0 Å². The maximum atomic E-state index is 6.10. The van der Waals surface area contributed by atoms with Crippen molar-refractivity contribution in [3.8, 4) is 0 Å². The summed E-state index contributed by atoms with van der Waals surface area (Å²) in [5.74, 6) is 0. The van der Waals surface area contributed by atoms with Crippen molar-refractivity contribution in [3.05, 3.63) is 47.5 Å². The summed E-state index contributed by atoms with van der Waals surface area (Å²) in [4.78, 5) is 4.70. The molecule has 1 heterocycles. The molecule has 21 heavy (non-hydrogen) atoms. The maximum absolute atomic E-state index is 6.10. The molecular weight excluding hydrogens is 284 g/mol. The standard InChI is InChI=1S/C16H19ClN4/c17-15-11-14(5-6-16(15)19)21-9-7-20(8-10-21)13-3-1-12(18)2-4-13/h1-6,11H,7-10,18-19H2. The van der Waals surface area contributed by atoms with Crippen LogP contribution in [-0.2, 0) is 0 Å². The first-order valence-electron chi connectivity index (χ1n) is 7.04. The fourth-order valence-corrected chi connectivity index (χ4v) is 2.80. The number of nitrogens with zero attached hydrogens (tertiary/aromatic N) is 2. The number of hydrogen-bond donors (Lipinski definition) is 2. The fraction of sp³-hybridized carbons (Fsp3) is 0.250. The van der Waals surface area contributed by atoms with Crippen LogP contribution in [0.5, 0.6) is 0 Å². The minimum atomic E-state index is 0.619. The van der Waals surface area contributed by atoms with Crippen molar-refractivity contribution >= 4 is 34.4 Å². The third kappa shape index (κ3) is 3.00. The Hall–Kier alpha value is -2.07. The third-order valence-electron chi connectivity index (χ3n) is 3.89. The molecule has 110 valence electrons. The summed E-state index contributed by atoms with van der Waals surface area (Å²) >= 11 is 6.10. The van der Waals surface area contributed by atoms with E-state index in [1.54, 1.807) is 0 Å². The highest BCUT2D eigenvalue weighted by atomic mass is 35.5. The van der Waals surface area contributed by atoms with Crippen LogP contribution < -0.4 is 21.3 Å². The topological polar surface area (TPSA) is 58.5 Å². The summed E-state index contributed by atoms with van der Waals surface area (Å²) < 4.78 is 0. The van der Waals surface area contributed by atoms with Gasteiger partial charge in [0.15, 0.2) is 0 Å². The monoisotopic (exact) mass is 302 g/mol. The van der Waals surface area contributed by atoms with Gasteiger partial charge in [-0.25, -0.2) is 0 Å². The van der Waals surface area contributed by atoms with Crippen molar-refractivity contribution in [1.82, 2.24) is 0 Å². The number of halogens is 1. The Morgan fingerprint density at radius 3 is 1.86 bits per heavy atom. The zero-order valence-electron chi connectivity index (χ0n) is 11.8. The number of nitrogen functional groups attached to an aromatic ring is 2. The quantitative estimate of drug-likeness (QED) is 0.838. The van der Waals surface area contributed by atoms with Crippen LogP contribution in [0.4, 0.5) is 22.7 Å². The zero-order chi connectivity index (χ0) is 14.8. The normalized spacial score (nSPS) is 15.3. The van der Waals surface area contributed by atoms with Gasteiger partial charge in [-0.1, -0.05) is 11.6 Å². The van der Waals surface area contributed by atoms with Crippen LogP contribution in [-0.4, -0.2) is 26.2 Å². The Morgan fingerprint density at radius 1 is 0.762 bits per heavy atom. The molecule has 0 saturated carbocycles. The molecule has 0 spiro atoms. The number of benzene rings is 2. The highest BCUT2D eigenvalue weighted by molar-refractivity contribution is 6.33. The predicted molar refractivity (Wildman–Crippen MR) is 91.1 cm³/mol. The largest absolute Gasteiger partial charge is 0.399 e. The smallest absolute Gasteiger partial charge is 0.0656 e. The SMILES string of the molecule is Nc1ccc(N2CCN(c3ccc(N)c(Cl)c3)CC2)cc1. The summed E-state index contributed by atoms with van der Waals surface area (Å²) in [6, 6.07) is 13.9. The van der Waals surface area contributed by atoms with Crippen LogP contribution >= 0.6 is 11.6 Å². The predicted octanol–water partition coefficient (Wildman–Crippen LogP) is 2.83. The van der Waals surface area contributed by atoms with Gasteiger partial charge in [-0.2, -0.15) is 0 Å². The molecule has 0 amide bonds. The first-order chi connectivity index (χ1) is 10.1. The van der Waals surface area contributed by atoms with E-state index in [1.165, 1.54) is 5.69 Å². The summed E-state index contributed by atoms with van der Waals surface area (Å²) in [5.41, 5.74) is 15.3. The van der Waals surface area contributed by atoms with Crippen molar-refractivity contribution in [2.24, 2.45) is 0 Å². The molecule has 1 saturated heterocycles. The van der Waals surface area contributed by atoms with Gasteiger partial charge in [-0.05, 0) is 42.5 Å². The van der Waals surface area contributed by atoms with Crippen molar-refractivity contribution in [2.45, 2.75) is 0 Å². The minimum absolute atomic E-state index is 0.619. The number of anilines is 4. The average Bonchev–Trinajstić information content (AvgIpc) is 2.51. The first-order valence-corrected chi connectivity index (χ1v) is 7.42. The lowest BCUT2D eigenvalue weighted by atomic mass is 10.2. The van der Waals surface area contributed by atoms with Gasteiger partial charge in [0, 0.05) is 43.2 Å². The van der Waals surface area contributed by atoms with E-state index >= 15 is 0 Å². The maximum Gasteiger partial charge on any atom is 0.0656 e. The second kappa shape index (κ2) is 5.74. The summed E-state index contributed by atoms with van der Waals surface area (Å²) in [6.07, 6.45) is 0. The Bertz CT molecular complexity index is 619. The molecule has 4 N–H and O–H groups in total. The Labute approximate surface area is 129 Å². The molecule has 4 nitrogen and oxygen atoms in total. The second-order valence-corrected chi connectivity index (χ2v) is 5.68. The van der Waals surface area contributed by atoms with Gasteiger partial charge >= 0.3 is 0 Å². The van der Waals surface area contributed by atoms with Gasteiger partial charge < -0.3 is 21.3 Å². The van der Waals surface area contributed by atoms with Gasteiger partial charge in [-0.3, -0.25) is 0 Å². The molecule has 0 aliphatic carbocycles. The van der Waals surface area contributed by atoms with E-state index < -0.39 is 0 Å². The fourth-order valence-electron chi connectivity index (χ4n) is 2.62. The van der Waals surface area contributed by atoms with Gasteiger partial charge in [0.1, 0.15) is 0 Å². The first kappa shape index (κ1) is 13.9. The van der Waals surface area contributed by atoms with Crippen molar-refractivity contribution in [3.63, 3.8) is 0 Å². The van der Waals surface area contributed by atoms with E-state index in [9.17, 15) is 0 Å². The number of piperazine rings is 1. The molecule has 1 aliphatic rings. The van der Waals surface area contributed by atoms with Gasteiger partial charge in [0.05, 0.1) is 10.7 Å². The van der Waals surface area contributed by atoms with E-state index in [0.29, 0.717) is 10.7 Å². The average molecular weight is 303 g/mol. The van der Waals surface area contributed by atoms with Crippen LogP contribution in [0.15, 0.2) is 42.5 Å². The minimum Gasteiger partial charge on any atom is -0.399 e. The Balaban J connectivity index is 1.67. The van der Waals surface area contributed by atoms with Gasteiger partial charge in [0.2, 0.25) is 0 Å². The number of nitrogens with two attached hydrogens (primary N) is 2. The molecule has 1 fully saturated rings. The molecule has 2 aromatic carbocycles. The summed E-state index contributed by atoms with van der Waals surface area (Å²) in [5, 5.41) is 0.619. The lowest BCUT2D eigenvalue weighted by molar-refractivity contribution is 0.653. The van der Waals surface area contributed by atoms with Crippen LogP contribution in [0.1, 0.15) is 0 Å². The second-order valence-electron chi connectivity index (χ2n) is 5.27. The number of rotatable bonds is 2. The van der Waals surface area contributed by atoms with E-state index in [-0.39, 0.29) is 0 Å². The lowest BCUT2D eigenvalue weighted by Gasteiger charge is -2.37. The van der Waals surface area contributed by atoms with Crippen molar-refractivity contribution in [1.29, 1.82) is 0 Å². The molecule has 1 aliphatic heterocycles. The van der Waals surface area contributed by atoms with Crippen molar-refractivity contribution in [2.75, 3.05) is 47.4 Å². The molecule has 3 rings (SSSR count). The molecule has 0 bridgehead atoms. The van der Waals surface area contributed by atoms with Crippen LogP contribution in [0.3, 0.4) is 0 Å². The highest BCUT2D eigenvalue weighted by Gasteiger charge is 2.17. The highest BCUT2D eigenvalue weighted by Crippen LogP contribution is 2.27. The summed E-state index contributed by atoms with van der Waals surface area (Å²) in [7, 11) is 0. The van der Waals surface area contributed by atoms with Gasteiger partial charge in [-0.15, -0.1) is 0 Å². The number of hydrogen-bond acceptors (Lipinski definition) is 4. The van der Waals surface area contributed by atoms with E-state index in [4.69, 9.17) is 23.1 Å². The van der Waals surface area contributed by atoms with Crippen molar-refractivity contribution < 1.29 is 0 Å². The van der Waals surface area contributed by atoms with E-state index in [1.807, 2.05) is 30.3 Å². The lowest BCUT2D eigenvalue weighted by Crippen LogP contribution is -2.46. The van der Waals surface area contributed by atoms with Crippen LogP contribution in [0.2, 0.25) is 5.02 Å². The van der Waals surface area contributed by atoms with E-state index in [2.05, 4.69) is 21.9 Å².